The van der Waals surface area contributed by atoms with Gasteiger partial charge in [0.2, 0.25) is 0 Å². The van der Waals surface area contributed by atoms with E-state index in [9.17, 15) is 0 Å². The van der Waals surface area contributed by atoms with Crippen molar-refractivity contribution < 1.29 is 0 Å². The molecule has 0 atom stereocenters. The SMILES string of the molecule is NC(=S)c1ccc(NCc2cccc(Br)c2)c(Br)c1. The monoisotopic (exact) mass is 398 g/mol. The molecule has 0 aliphatic carbocycles. The summed E-state index contributed by atoms with van der Waals surface area (Å²) in [6.07, 6.45) is 0. The second-order valence-corrected chi connectivity index (χ2v) is 6.25. The first-order valence-corrected chi connectivity index (χ1v) is 7.63. The lowest BCUT2D eigenvalue weighted by molar-refractivity contribution is 1.14. The Morgan fingerprint density at radius 3 is 2.58 bits per heavy atom. The molecular weight excluding hydrogens is 388 g/mol. The summed E-state index contributed by atoms with van der Waals surface area (Å²) < 4.78 is 2.03. The van der Waals surface area contributed by atoms with E-state index in [1.165, 1.54) is 5.56 Å². The fraction of sp³-hybridized carbons (Fsp3) is 0.0714. The van der Waals surface area contributed by atoms with Crippen LogP contribution >= 0.6 is 44.1 Å². The molecule has 0 fully saturated rings. The Kier molecular flexibility index (Phi) is 4.96. The second-order valence-electron chi connectivity index (χ2n) is 4.04. The van der Waals surface area contributed by atoms with Crippen molar-refractivity contribution >= 4 is 54.8 Å². The van der Waals surface area contributed by atoms with E-state index in [1.807, 2.05) is 30.3 Å². The van der Waals surface area contributed by atoms with Gasteiger partial charge in [-0.25, -0.2) is 0 Å². The Morgan fingerprint density at radius 2 is 1.95 bits per heavy atom. The summed E-state index contributed by atoms with van der Waals surface area (Å²) in [4.78, 5) is 0.402. The summed E-state index contributed by atoms with van der Waals surface area (Å²) in [7, 11) is 0. The van der Waals surface area contributed by atoms with Gasteiger partial charge in [-0.1, -0.05) is 40.3 Å². The lowest BCUT2D eigenvalue weighted by atomic mass is 10.2. The zero-order valence-electron chi connectivity index (χ0n) is 9.99. The molecule has 2 aromatic carbocycles. The van der Waals surface area contributed by atoms with Crippen molar-refractivity contribution in [1.82, 2.24) is 0 Å². The highest BCUT2D eigenvalue weighted by Gasteiger charge is 2.03. The summed E-state index contributed by atoms with van der Waals surface area (Å²) in [6, 6.07) is 14.0. The first-order chi connectivity index (χ1) is 9.06. The number of benzene rings is 2. The predicted molar refractivity (Wildman–Crippen MR) is 91.5 cm³/mol. The van der Waals surface area contributed by atoms with Crippen molar-refractivity contribution in [2.75, 3.05) is 5.32 Å². The number of nitrogens with one attached hydrogen (secondary N) is 1. The minimum Gasteiger partial charge on any atom is -0.389 e. The summed E-state index contributed by atoms with van der Waals surface area (Å²) in [5, 5.41) is 3.37. The molecule has 2 rings (SSSR count). The number of thiocarbonyl (C=S) groups is 1. The van der Waals surface area contributed by atoms with Gasteiger partial charge in [-0.05, 0) is 51.8 Å². The van der Waals surface area contributed by atoms with E-state index in [0.29, 0.717) is 4.99 Å². The van der Waals surface area contributed by atoms with E-state index < -0.39 is 0 Å². The minimum absolute atomic E-state index is 0.402. The number of hydrogen-bond acceptors (Lipinski definition) is 2. The van der Waals surface area contributed by atoms with Gasteiger partial charge in [0.05, 0.1) is 0 Å². The van der Waals surface area contributed by atoms with E-state index in [-0.39, 0.29) is 0 Å². The van der Waals surface area contributed by atoms with Crippen molar-refractivity contribution in [3.63, 3.8) is 0 Å². The molecule has 0 aromatic heterocycles. The van der Waals surface area contributed by atoms with Gasteiger partial charge in [0.15, 0.2) is 0 Å². The van der Waals surface area contributed by atoms with Crippen LogP contribution in [0.1, 0.15) is 11.1 Å². The third-order valence-corrected chi connectivity index (χ3v) is 4.01. The van der Waals surface area contributed by atoms with Crippen molar-refractivity contribution in [3.05, 3.63) is 62.5 Å². The molecule has 19 heavy (non-hydrogen) atoms. The van der Waals surface area contributed by atoms with E-state index in [4.69, 9.17) is 18.0 Å². The molecule has 0 unspecified atom stereocenters. The van der Waals surface area contributed by atoms with Gasteiger partial charge >= 0.3 is 0 Å². The summed E-state index contributed by atoms with van der Waals surface area (Å²) >= 11 is 11.9. The highest BCUT2D eigenvalue weighted by molar-refractivity contribution is 9.10. The lowest BCUT2D eigenvalue weighted by Crippen LogP contribution is -2.09. The smallest absolute Gasteiger partial charge is 0.104 e. The van der Waals surface area contributed by atoms with Crippen LogP contribution in [0.15, 0.2) is 51.4 Å². The summed E-state index contributed by atoms with van der Waals surface area (Å²) in [5.41, 5.74) is 8.68. The number of hydrogen-bond donors (Lipinski definition) is 2. The Hall–Kier alpha value is -0.910. The van der Waals surface area contributed by atoms with Crippen LogP contribution < -0.4 is 11.1 Å². The molecule has 0 aliphatic rings. The van der Waals surface area contributed by atoms with Gasteiger partial charge in [0, 0.05) is 26.7 Å². The van der Waals surface area contributed by atoms with Crippen molar-refractivity contribution in [1.29, 1.82) is 0 Å². The third-order valence-electron chi connectivity index (χ3n) is 2.63. The molecule has 98 valence electrons. The van der Waals surface area contributed by atoms with Crippen LogP contribution in [0.3, 0.4) is 0 Å². The zero-order chi connectivity index (χ0) is 13.8. The summed E-state index contributed by atoms with van der Waals surface area (Å²) in [5.74, 6) is 0. The fourth-order valence-electron chi connectivity index (χ4n) is 1.66. The minimum atomic E-state index is 0.402. The van der Waals surface area contributed by atoms with Crippen LogP contribution in [0, 0.1) is 0 Å². The van der Waals surface area contributed by atoms with Gasteiger partial charge in [-0.2, -0.15) is 0 Å². The molecule has 5 heteroatoms. The van der Waals surface area contributed by atoms with E-state index >= 15 is 0 Å². The average Bonchev–Trinajstić information content (AvgIpc) is 2.37. The lowest BCUT2D eigenvalue weighted by Gasteiger charge is -2.10. The summed E-state index contributed by atoms with van der Waals surface area (Å²) in [6.45, 7) is 0.754. The molecule has 0 radical (unpaired) electrons. The molecule has 0 bridgehead atoms. The van der Waals surface area contributed by atoms with Gasteiger partial charge in [0.1, 0.15) is 4.99 Å². The van der Waals surface area contributed by atoms with E-state index in [2.05, 4.69) is 49.3 Å². The first kappa shape index (κ1) is 14.5. The molecule has 0 aliphatic heterocycles. The average molecular weight is 400 g/mol. The quantitative estimate of drug-likeness (QED) is 0.745. The number of rotatable bonds is 4. The van der Waals surface area contributed by atoms with Gasteiger partial charge in [-0.3, -0.25) is 0 Å². The van der Waals surface area contributed by atoms with Crippen LogP contribution in [-0.4, -0.2) is 4.99 Å². The molecule has 0 amide bonds. The zero-order valence-corrected chi connectivity index (χ0v) is 14.0. The van der Waals surface area contributed by atoms with Crippen LogP contribution in [0.25, 0.3) is 0 Å². The third kappa shape index (κ3) is 4.03. The number of halogens is 2. The van der Waals surface area contributed by atoms with Crippen molar-refractivity contribution in [3.8, 4) is 0 Å². The van der Waals surface area contributed by atoms with Crippen LogP contribution in [-0.2, 0) is 6.54 Å². The Morgan fingerprint density at radius 1 is 1.16 bits per heavy atom. The maximum Gasteiger partial charge on any atom is 0.104 e. The molecule has 0 spiro atoms. The molecule has 2 aromatic rings. The first-order valence-electron chi connectivity index (χ1n) is 5.64. The molecule has 0 heterocycles. The molecule has 3 N–H and O–H groups in total. The highest BCUT2D eigenvalue weighted by Crippen LogP contribution is 2.24. The molecule has 2 nitrogen and oxygen atoms in total. The van der Waals surface area contributed by atoms with Crippen LogP contribution in [0.4, 0.5) is 5.69 Å². The molecule has 0 saturated carbocycles. The van der Waals surface area contributed by atoms with Gasteiger partial charge in [0.25, 0.3) is 0 Å². The van der Waals surface area contributed by atoms with Gasteiger partial charge < -0.3 is 11.1 Å². The van der Waals surface area contributed by atoms with E-state index in [1.54, 1.807) is 0 Å². The van der Waals surface area contributed by atoms with Gasteiger partial charge in [-0.15, -0.1) is 0 Å². The van der Waals surface area contributed by atoms with Crippen molar-refractivity contribution in [2.45, 2.75) is 6.54 Å². The Bertz CT molecular complexity index is 614. The number of anilines is 1. The number of nitrogens with two attached hydrogens (primary N) is 1. The molecular formula is C14H12Br2N2S. The van der Waals surface area contributed by atoms with E-state index in [0.717, 1.165) is 26.7 Å². The largest absolute Gasteiger partial charge is 0.389 e. The maximum absolute atomic E-state index is 5.60. The predicted octanol–water partition coefficient (Wildman–Crippen LogP) is 4.46. The Balaban J connectivity index is 2.10. The topological polar surface area (TPSA) is 38.0 Å². The standard InChI is InChI=1S/C14H12Br2N2S/c15-11-3-1-2-9(6-11)8-18-13-5-4-10(14(17)19)7-12(13)16/h1-7,18H,8H2,(H2,17,19). The fourth-order valence-corrected chi connectivity index (χ4v) is 2.75. The maximum atomic E-state index is 5.60. The normalized spacial score (nSPS) is 10.2. The Labute approximate surface area is 134 Å². The van der Waals surface area contributed by atoms with Crippen molar-refractivity contribution in [2.24, 2.45) is 5.73 Å². The van der Waals surface area contributed by atoms with Crippen LogP contribution in [0.5, 0.6) is 0 Å². The van der Waals surface area contributed by atoms with Crippen LogP contribution in [0.2, 0.25) is 0 Å². The highest BCUT2D eigenvalue weighted by atomic mass is 79.9. The molecule has 0 saturated heterocycles. The second kappa shape index (κ2) is 6.50.